The maximum Gasteiger partial charge on any atom is 0.159 e. The van der Waals surface area contributed by atoms with Crippen LogP contribution >= 0.6 is 0 Å². The molecule has 0 atom stereocenters. The first-order valence-corrected chi connectivity index (χ1v) is 6.79. The van der Waals surface area contributed by atoms with Crippen LogP contribution in [-0.2, 0) is 0 Å². The van der Waals surface area contributed by atoms with Gasteiger partial charge in [0.2, 0.25) is 0 Å². The van der Waals surface area contributed by atoms with Gasteiger partial charge in [0.1, 0.15) is 5.82 Å². The second-order valence-electron chi connectivity index (χ2n) is 6.13. The van der Waals surface area contributed by atoms with Gasteiger partial charge in [-0.2, -0.15) is 0 Å². The zero-order valence-electron chi connectivity index (χ0n) is 12.2. The monoisotopic (exact) mass is 258 g/mol. The van der Waals surface area contributed by atoms with Crippen molar-refractivity contribution in [2.45, 2.75) is 34.1 Å². The minimum Gasteiger partial charge on any atom is -0.353 e. The van der Waals surface area contributed by atoms with E-state index in [0.29, 0.717) is 0 Å². The highest BCUT2D eigenvalue weighted by atomic mass is 16.1. The van der Waals surface area contributed by atoms with Gasteiger partial charge in [-0.25, -0.2) is 4.98 Å². The Morgan fingerprint density at radius 2 is 2.11 bits per heavy atom. The molecule has 0 bridgehead atoms. The standard InChI is InChI=1S/C16H22N2O/c1-12(19)13-5-8-17-15(11-13)18-9-6-14(7-10-18)16(2,3)4/h5-6,8,11H,7,9-10H2,1-4H3. The van der Waals surface area contributed by atoms with Crippen LogP contribution in [-0.4, -0.2) is 23.9 Å². The van der Waals surface area contributed by atoms with Gasteiger partial charge in [-0.1, -0.05) is 32.4 Å². The van der Waals surface area contributed by atoms with Crippen molar-refractivity contribution in [2.24, 2.45) is 5.41 Å². The minimum absolute atomic E-state index is 0.0894. The Kier molecular flexibility index (Phi) is 3.74. The van der Waals surface area contributed by atoms with Gasteiger partial charge in [-0.3, -0.25) is 4.79 Å². The fourth-order valence-electron chi connectivity index (χ4n) is 2.37. The van der Waals surface area contributed by atoms with Crippen molar-refractivity contribution in [2.75, 3.05) is 18.0 Å². The molecule has 0 aliphatic carbocycles. The zero-order valence-corrected chi connectivity index (χ0v) is 12.2. The van der Waals surface area contributed by atoms with Crippen molar-refractivity contribution >= 4 is 11.6 Å². The third-order valence-corrected chi connectivity index (χ3v) is 3.65. The molecule has 0 saturated carbocycles. The van der Waals surface area contributed by atoms with Crippen molar-refractivity contribution in [1.29, 1.82) is 0 Å². The van der Waals surface area contributed by atoms with E-state index in [2.05, 4.69) is 36.7 Å². The molecule has 0 N–H and O–H groups in total. The molecule has 0 saturated heterocycles. The van der Waals surface area contributed by atoms with E-state index < -0.39 is 0 Å². The molecule has 1 aromatic heterocycles. The Hall–Kier alpha value is -1.64. The summed E-state index contributed by atoms with van der Waals surface area (Å²) in [6.07, 6.45) is 5.08. The first-order valence-electron chi connectivity index (χ1n) is 6.79. The minimum atomic E-state index is 0.0894. The number of Topliss-reactive ketones (excluding diaryl/α,β-unsaturated/α-hetero) is 1. The summed E-state index contributed by atoms with van der Waals surface area (Å²) in [7, 11) is 0. The average Bonchev–Trinajstić information content (AvgIpc) is 2.38. The summed E-state index contributed by atoms with van der Waals surface area (Å²) in [5.74, 6) is 0.989. The van der Waals surface area contributed by atoms with Crippen LogP contribution in [0.5, 0.6) is 0 Å². The third kappa shape index (κ3) is 3.22. The van der Waals surface area contributed by atoms with E-state index in [1.165, 1.54) is 5.57 Å². The summed E-state index contributed by atoms with van der Waals surface area (Å²) in [6.45, 7) is 10.2. The number of anilines is 1. The van der Waals surface area contributed by atoms with Gasteiger partial charge in [-0.05, 0) is 30.9 Å². The fraction of sp³-hybridized carbons (Fsp3) is 0.500. The Bertz CT molecular complexity index is 512. The Balaban J connectivity index is 2.16. The highest BCUT2D eigenvalue weighted by Gasteiger charge is 2.21. The molecule has 0 spiro atoms. The molecule has 0 aromatic carbocycles. The normalized spacial score (nSPS) is 16.2. The van der Waals surface area contributed by atoms with E-state index >= 15 is 0 Å². The molecule has 2 heterocycles. The van der Waals surface area contributed by atoms with Crippen LogP contribution < -0.4 is 4.90 Å². The van der Waals surface area contributed by atoms with Crippen LogP contribution in [0.1, 0.15) is 44.5 Å². The Labute approximate surface area is 115 Å². The predicted octanol–water partition coefficient (Wildman–Crippen LogP) is 3.47. The molecule has 3 nitrogen and oxygen atoms in total. The molecule has 2 rings (SSSR count). The first kappa shape index (κ1) is 13.8. The summed E-state index contributed by atoms with van der Waals surface area (Å²) < 4.78 is 0. The van der Waals surface area contributed by atoms with Gasteiger partial charge in [0.05, 0.1) is 0 Å². The molecule has 0 radical (unpaired) electrons. The Morgan fingerprint density at radius 3 is 2.63 bits per heavy atom. The second kappa shape index (κ2) is 5.16. The van der Waals surface area contributed by atoms with E-state index in [-0.39, 0.29) is 11.2 Å². The fourth-order valence-corrected chi connectivity index (χ4v) is 2.37. The van der Waals surface area contributed by atoms with Crippen LogP contribution in [0.15, 0.2) is 30.0 Å². The number of nitrogens with zero attached hydrogens (tertiary/aromatic N) is 2. The van der Waals surface area contributed by atoms with E-state index in [1.807, 2.05) is 6.07 Å². The van der Waals surface area contributed by atoms with Crippen LogP contribution in [0, 0.1) is 5.41 Å². The average molecular weight is 258 g/mol. The summed E-state index contributed by atoms with van der Waals surface area (Å²) in [5.41, 5.74) is 2.49. The van der Waals surface area contributed by atoms with Gasteiger partial charge in [0.25, 0.3) is 0 Å². The quantitative estimate of drug-likeness (QED) is 0.601. The van der Waals surface area contributed by atoms with Crippen molar-refractivity contribution in [1.82, 2.24) is 4.98 Å². The summed E-state index contributed by atoms with van der Waals surface area (Å²) in [5, 5.41) is 0. The molecule has 1 aliphatic rings. The van der Waals surface area contributed by atoms with Gasteiger partial charge in [-0.15, -0.1) is 0 Å². The van der Waals surface area contributed by atoms with Crippen molar-refractivity contribution < 1.29 is 4.79 Å². The lowest BCUT2D eigenvalue weighted by molar-refractivity contribution is 0.101. The number of carbonyl (C=O) groups is 1. The summed E-state index contributed by atoms with van der Waals surface area (Å²) in [6, 6.07) is 3.66. The molecule has 0 unspecified atom stereocenters. The number of hydrogen-bond donors (Lipinski definition) is 0. The molecule has 102 valence electrons. The van der Waals surface area contributed by atoms with Gasteiger partial charge in [0.15, 0.2) is 5.78 Å². The topological polar surface area (TPSA) is 33.2 Å². The number of pyridine rings is 1. The first-order chi connectivity index (χ1) is 8.88. The van der Waals surface area contributed by atoms with Crippen LogP contribution in [0.25, 0.3) is 0 Å². The molecular formula is C16H22N2O. The molecule has 0 fully saturated rings. The number of aromatic nitrogens is 1. The largest absolute Gasteiger partial charge is 0.353 e. The SMILES string of the molecule is CC(=O)c1ccnc(N2CC=C(C(C)(C)C)CC2)c1. The van der Waals surface area contributed by atoms with Gasteiger partial charge in [0, 0.05) is 24.8 Å². The molecule has 0 amide bonds. The van der Waals surface area contributed by atoms with Crippen LogP contribution in [0.3, 0.4) is 0 Å². The second-order valence-corrected chi connectivity index (χ2v) is 6.13. The molecule has 1 aliphatic heterocycles. The predicted molar refractivity (Wildman–Crippen MR) is 78.6 cm³/mol. The van der Waals surface area contributed by atoms with Crippen molar-refractivity contribution in [3.63, 3.8) is 0 Å². The maximum absolute atomic E-state index is 11.4. The third-order valence-electron chi connectivity index (χ3n) is 3.65. The van der Waals surface area contributed by atoms with Crippen molar-refractivity contribution in [3.8, 4) is 0 Å². The van der Waals surface area contributed by atoms with E-state index in [1.54, 1.807) is 19.2 Å². The van der Waals surface area contributed by atoms with Crippen LogP contribution in [0.4, 0.5) is 5.82 Å². The maximum atomic E-state index is 11.4. The number of carbonyl (C=O) groups excluding carboxylic acids is 1. The van der Waals surface area contributed by atoms with Crippen molar-refractivity contribution in [3.05, 3.63) is 35.5 Å². The van der Waals surface area contributed by atoms with E-state index in [4.69, 9.17) is 0 Å². The van der Waals surface area contributed by atoms with Gasteiger partial charge < -0.3 is 4.90 Å². The smallest absolute Gasteiger partial charge is 0.159 e. The lowest BCUT2D eigenvalue weighted by atomic mass is 9.83. The molecule has 1 aromatic rings. The highest BCUT2D eigenvalue weighted by molar-refractivity contribution is 5.94. The summed E-state index contributed by atoms with van der Waals surface area (Å²) >= 11 is 0. The van der Waals surface area contributed by atoms with E-state index in [0.717, 1.165) is 30.9 Å². The van der Waals surface area contributed by atoms with Gasteiger partial charge >= 0.3 is 0 Å². The Morgan fingerprint density at radius 1 is 1.37 bits per heavy atom. The lowest BCUT2D eigenvalue weighted by Crippen LogP contribution is -2.31. The highest BCUT2D eigenvalue weighted by Crippen LogP contribution is 2.31. The molecule has 3 heteroatoms. The van der Waals surface area contributed by atoms with Crippen LogP contribution in [0.2, 0.25) is 0 Å². The number of ketones is 1. The lowest BCUT2D eigenvalue weighted by Gasteiger charge is -2.32. The summed E-state index contributed by atoms with van der Waals surface area (Å²) in [4.78, 5) is 18.0. The molecule has 19 heavy (non-hydrogen) atoms. The number of rotatable bonds is 2. The zero-order chi connectivity index (χ0) is 14.0. The molecular weight excluding hydrogens is 236 g/mol. The van der Waals surface area contributed by atoms with E-state index in [9.17, 15) is 4.79 Å². The number of hydrogen-bond acceptors (Lipinski definition) is 3.